The highest BCUT2D eigenvalue weighted by Gasteiger charge is 2.14. The zero-order valence-electron chi connectivity index (χ0n) is 16.8. The van der Waals surface area contributed by atoms with Crippen molar-refractivity contribution in [3.63, 3.8) is 0 Å². The molecule has 0 saturated carbocycles. The van der Waals surface area contributed by atoms with Crippen LogP contribution in [0.15, 0.2) is 48.5 Å². The topological polar surface area (TPSA) is 71.9 Å². The third kappa shape index (κ3) is 5.24. The van der Waals surface area contributed by atoms with Gasteiger partial charge in [-0.05, 0) is 42.3 Å². The summed E-state index contributed by atoms with van der Waals surface area (Å²) in [5, 5.41) is 10.5. The number of nitrogen functional groups attached to an aromatic ring is 1. The molecule has 0 aliphatic heterocycles. The highest BCUT2D eigenvalue weighted by molar-refractivity contribution is 6.42. The first-order chi connectivity index (χ1) is 14.5. The summed E-state index contributed by atoms with van der Waals surface area (Å²) in [7, 11) is 0. The fraction of sp³-hybridized carbons (Fsp3) is 0.250. The van der Waals surface area contributed by atoms with Crippen molar-refractivity contribution in [1.82, 2.24) is 4.98 Å². The molecule has 0 radical (unpaired) electrons. The Morgan fingerprint density at radius 3 is 2.37 bits per heavy atom. The van der Waals surface area contributed by atoms with Crippen LogP contribution in [0.5, 0.6) is 5.75 Å². The second-order valence-corrected chi connectivity index (χ2v) is 7.80. The van der Waals surface area contributed by atoms with Crippen LogP contribution in [0.3, 0.4) is 0 Å². The number of anilines is 1. The smallest absolute Gasteiger partial charge is 0.142 e. The molecule has 0 bridgehead atoms. The Labute approximate surface area is 187 Å². The van der Waals surface area contributed by atoms with E-state index in [4.69, 9.17) is 33.7 Å². The van der Waals surface area contributed by atoms with Crippen LogP contribution in [-0.2, 0) is 0 Å². The van der Waals surface area contributed by atoms with Crippen molar-refractivity contribution in [2.45, 2.75) is 32.6 Å². The molecule has 2 aromatic carbocycles. The predicted octanol–water partition coefficient (Wildman–Crippen LogP) is 7.14. The van der Waals surface area contributed by atoms with E-state index in [0.717, 1.165) is 23.3 Å². The van der Waals surface area contributed by atoms with Crippen LogP contribution in [0, 0.1) is 11.3 Å². The number of nitrogens with zero attached hydrogens (tertiary/aromatic N) is 2. The number of nitriles is 1. The third-order valence-electron chi connectivity index (χ3n) is 4.81. The summed E-state index contributed by atoms with van der Waals surface area (Å²) in [5.74, 6) is 0.979. The molecular formula is C24H23Cl2N3O. The van der Waals surface area contributed by atoms with E-state index >= 15 is 0 Å². The Bertz CT molecular complexity index is 1060. The Hall–Kier alpha value is -2.74. The summed E-state index contributed by atoms with van der Waals surface area (Å²) in [6.07, 6.45) is 4.65. The molecule has 0 saturated heterocycles. The van der Waals surface area contributed by atoms with Gasteiger partial charge < -0.3 is 10.5 Å². The highest BCUT2D eigenvalue weighted by atomic mass is 35.5. The lowest BCUT2D eigenvalue weighted by Gasteiger charge is -2.12. The molecule has 3 aromatic rings. The van der Waals surface area contributed by atoms with Crippen LogP contribution < -0.4 is 10.5 Å². The first kappa shape index (κ1) is 22.0. The lowest BCUT2D eigenvalue weighted by Crippen LogP contribution is -2.00. The highest BCUT2D eigenvalue weighted by Crippen LogP contribution is 2.34. The number of nitrogens with two attached hydrogens (primary N) is 1. The average molecular weight is 440 g/mol. The van der Waals surface area contributed by atoms with E-state index in [1.54, 1.807) is 12.1 Å². The van der Waals surface area contributed by atoms with Gasteiger partial charge in [0.15, 0.2) is 0 Å². The molecule has 2 N–H and O–H groups in total. The Kier molecular flexibility index (Phi) is 7.57. The zero-order chi connectivity index (χ0) is 21.5. The third-order valence-corrected chi connectivity index (χ3v) is 5.55. The van der Waals surface area contributed by atoms with Gasteiger partial charge in [-0.1, -0.05) is 67.6 Å². The minimum atomic E-state index is 0.173. The number of rotatable bonds is 8. The van der Waals surface area contributed by atoms with Crippen molar-refractivity contribution >= 4 is 29.0 Å². The molecule has 0 spiro atoms. The summed E-state index contributed by atoms with van der Waals surface area (Å²) in [6, 6.07) is 16.9. The van der Waals surface area contributed by atoms with Gasteiger partial charge in [0.1, 0.15) is 23.2 Å². The van der Waals surface area contributed by atoms with Crippen LogP contribution in [0.25, 0.3) is 22.4 Å². The van der Waals surface area contributed by atoms with Gasteiger partial charge in [-0.3, -0.25) is 0 Å². The Morgan fingerprint density at radius 1 is 0.967 bits per heavy atom. The van der Waals surface area contributed by atoms with E-state index in [1.807, 2.05) is 36.4 Å². The SMILES string of the molecule is CCCCCCOc1ccc(-c2cc(-c3ccc(Cl)c(Cl)c3)nc(N)c2C#N)cc1. The van der Waals surface area contributed by atoms with E-state index in [0.29, 0.717) is 33.5 Å². The predicted molar refractivity (Wildman–Crippen MR) is 124 cm³/mol. The second-order valence-electron chi connectivity index (χ2n) is 6.99. The van der Waals surface area contributed by atoms with Crippen LogP contribution in [0.1, 0.15) is 38.2 Å². The van der Waals surface area contributed by atoms with Crippen molar-refractivity contribution in [2.75, 3.05) is 12.3 Å². The van der Waals surface area contributed by atoms with Crippen LogP contribution >= 0.6 is 23.2 Å². The molecule has 3 rings (SSSR count). The number of hydrogen-bond acceptors (Lipinski definition) is 4. The van der Waals surface area contributed by atoms with E-state index in [9.17, 15) is 5.26 Å². The molecule has 30 heavy (non-hydrogen) atoms. The van der Waals surface area contributed by atoms with E-state index in [2.05, 4.69) is 18.0 Å². The van der Waals surface area contributed by atoms with Gasteiger partial charge in [-0.15, -0.1) is 0 Å². The standard InChI is InChI=1S/C24H23Cl2N3O/c1-2-3-4-5-12-30-18-9-6-16(7-10-18)19-14-23(29-24(28)20(19)15-27)17-8-11-21(25)22(26)13-17/h6-11,13-14H,2-5,12H2,1H3,(H2,28,29). The number of halogens is 2. The summed E-state index contributed by atoms with van der Waals surface area (Å²) < 4.78 is 5.81. The van der Waals surface area contributed by atoms with Crippen molar-refractivity contribution in [3.05, 3.63) is 64.1 Å². The molecule has 0 atom stereocenters. The number of unbranched alkanes of at least 4 members (excludes halogenated alkanes) is 3. The maximum Gasteiger partial charge on any atom is 0.142 e. The van der Waals surface area contributed by atoms with Crippen molar-refractivity contribution < 1.29 is 4.74 Å². The minimum Gasteiger partial charge on any atom is -0.494 e. The van der Waals surface area contributed by atoms with Crippen LogP contribution in [0.4, 0.5) is 5.82 Å². The maximum atomic E-state index is 9.61. The molecule has 0 fully saturated rings. The minimum absolute atomic E-state index is 0.173. The fourth-order valence-corrected chi connectivity index (χ4v) is 3.46. The summed E-state index contributed by atoms with van der Waals surface area (Å²) in [5.41, 5.74) is 9.40. The lowest BCUT2D eigenvalue weighted by molar-refractivity contribution is 0.305. The summed E-state index contributed by atoms with van der Waals surface area (Å²) >= 11 is 12.2. The Balaban J connectivity index is 1.88. The normalized spacial score (nSPS) is 10.6. The molecular weight excluding hydrogens is 417 g/mol. The number of aromatic nitrogens is 1. The monoisotopic (exact) mass is 439 g/mol. The van der Waals surface area contributed by atoms with Gasteiger partial charge in [0.2, 0.25) is 0 Å². The largest absolute Gasteiger partial charge is 0.494 e. The van der Waals surface area contributed by atoms with E-state index < -0.39 is 0 Å². The van der Waals surface area contributed by atoms with Crippen molar-refractivity contribution in [1.29, 1.82) is 5.26 Å². The van der Waals surface area contributed by atoms with Gasteiger partial charge in [0, 0.05) is 11.1 Å². The van der Waals surface area contributed by atoms with Crippen molar-refractivity contribution in [2.24, 2.45) is 0 Å². The maximum absolute atomic E-state index is 9.61. The second kappa shape index (κ2) is 10.3. The fourth-order valence-electron chi connectivity index (χ4n) is 3.16. The average Bonchev–Trinajstić information content (AvgIpc) is 2.75. The van der Waals surface area contributed by atoms with Gasteiger partial charge >= 0.3 is 0 Å². The van der Waals surface area contributed by atoms with Gasteiger partial charge in [0.05, 0.1) is 22.3 Å². The van der Waals surface area contributed by atoms with Crippen LogP contribution in [0.2, 0.25) is 10.0 Å². The van der Waals surface area contributed by atoms with Gasteiger partial charge in [-0.25, -0.2) is 4.98 Å². The summed E-state index contributed by atoms with van der Waals surface area (Å²) in [6.45, 7) is 2.89. The quantitative estimate of drug-likeness (QED) is 0.378. The number of hydrogen-bond donors (Lipinski definition) is 1. The molecule has 0 aliphatic rings. The molecule has 6 heteroatoms. The molecule has 0 unspecified atom stereocenters. The van der Waals surface area contributed by atoms with Gasteiger partial charge in [-0.2, -0.15) is 5.26 Å². The first-order valence-electron chi connectivity index (χ1n) is 9.92. The molecule has 154 valence electrons. The van der Waals surface area contributed by atoms with Crippen LogP contribution in [-0.4, -0.2) is 11.6 Å². The first-order valence-corrected chi connectivity index (χ1v) is 10.7. The molecule has 0 amide bonds. The van der Waals surface area contributed by atoms with E-state index in [-0.39, 0.29) is 5.82 Å². The number of pyridine rings is 1. The van der Waals surface area contributed by atoms with E-state index in [1.165, 1.54) is 19.3 Å². The van der Waals surface area contributed by atoms with Gasteiger partial charge in [0.25, 0.3) is 0 Å². The summed E-state index contributed by atoms with van der Waals surface area (Å²) in [4.78, 5) is 4.38. The molecule has 0 aliphatic carbocycles. The van der Waals surface area contributed by atoms with Crippen molar-refractivity contribution in [3.8, 4) is 34.2 Å². The zero-order valence-corrected chi connectivity index (χ0v) is 18.3. The number of ether oxygens (including phenoxy) is 1. The molecule has 1 heterocycles. The molecule has 4 nitrogen and oxygen atoms in total. The molecule has 1 aromatic heterocycles. The number of benzene rings is 2. The Morgan fingerprint density at radius 2 is 1.70 bits per heavy atom. The lowest BCUT2D eigenvalue weighted by atomic mass is 9.98.